The fourth-order valence-corrected chi connectivity index (χ4v) is 2.17. The average molecular weight is 338 g/mol. The minimum absolute atomic E-state index is 0.171. The van der Waals surface area contributed by atoms with Gasteiger partial charge in [-0.2, -0.15) is 13.5 Å². The van der Waals surface area contributed by atoms with Crippen LogP contribution in [0.4, 0.5) is 11.5 Å². The van der Waals surface area contributed by atoms with Crippen LogP contribution in [-0.2, 0) is 10.1 Å². The molecule has 0 atom stereocenters. The molecule has 0 saturated heterocycles. The van der Waals surface area contributed by atoms with Crippen molar-refractivity contribution >= 4 is 27.8 Å². The van der Waals surface area contributed by atoms with E-state index in [1.54, 1.807) is 0 Å². The zero-order valence-corrected chi connectivity index (χ0v) is 12.1. The number of phenolic OH excluding ortho intramolecular Hbond substituents is 1. The lowest BCUT2D eigenvalue weighted by atomic mass is 10.2. The first kappa shape index (κ1) is 16.3. The molecule has 0 fully saturated rings. The maximum Gasteiger partial charge on any atom is 0.298 e. The standard InChI is InChI=1S/C12H10N4O6S/c17-10-3-1-8(5-11(10)23(20,21)22)6-14-15-12-4-2-9(7-13-12)16(18)19/h1-7,17H,(H,13,15)(H,20,21,22)/b14-6+. The van der Waals surface area contributed by atoms with Gasteiger partial charge in [0, 0.05) is 6.07 Å². The van der Waals surface area contributed by atoms with Gasteiger partial charge in [0.05, 0.1) is 11.1 Å². The Balaban J connectivity index is 2.13. The lowest BCUT2D eigenvalue weighted by Gasteiger charge is -2.02. The van der Waals surface area contributed by atoms with Crippen molar-refractivity contribution in [3.05, 3.63) is 52.2 Å². The Morgan fingerprint density at radius 3 is 2.61 bits per heavy atom. The summed E-state index contributed by atoms with van der Waals surface area (Å²) in [5, 5.41) is 23.6. The summed E-state index contributed by atoms with van der Waals surface area (Å²) >= 11 is 0. The number of anilines is 1. The lowest BCUT2D eigenvalue weighted by Crippen LogP contribution is -2.00. The molecule has 0 unspecified atom stereocenters. The van der Waals surface area contributed by atoms with Gasteiger partial charge in [0.15, 0.2) is 0 Å². The fraction of sp³-hybridized carbons (Fsp3) is 0. The summed E-state index contributed by atoms with van der Waals surface area (Å²) in [5.41, 5.74) is 2.61. The number of hydrogen-bond donors (Lipinski definition) is 3. The molecule has 2 aromatic rings. The fourth-order valence-electron chi connectivity index (χ4n) is 1.55. The summed E-state index contributed by atoms with van der Waals surface area (Å²) in [6.45, 7) is 0. The minimum Gasteiger partial charge on any atom is -0.506 e. The molecule has 0 aliphatic heterocycles. The predicted octanol–water partition coefficient (Wildman–Crippen LogP) is 1.39. The number of hydrazone groups is 1. The van der Waals surface area contributed by atoms with Crippen molar-refractivity contribution in [2.24, 2.45) is 5.10 Å². The second-order valence-corrected chi connectivity index (χ2v) is 5.62. The van der Waals surface area contributed by atoms with Gasteiger partial charge in [-0.1, -0.05) is 0 Å². The molecule has 3 N–H and O–H groups in total. The molecule has 23 heavy (non-hydrogen) atoms. The Hall–Kier alpha value is -3.05. The molecule has 120 valence electrons. The quantitative estimate of drug-likeness (QED) is 0.319. The Bertz CT molecular complexity index is 864. The molecule has 0 aliphatic carbocycles. The van der Waals surface area contributed by atoms with Crippen LogP contribution in [0.3, 0.4) is 0 Å². The molecule has 2 rings (SSSR count). The van der Waals surface area contributed by atoms with Gasteiger partial charge in [-0.05, 0) is 29.8 Å². The Labute approximate surface area is 130 Å². The van der Waals surface area contributed by atoms with Gasteiger partial charge in [-0.25, -0.2) is 4.98 Å². The van der Waals surface area contributed by atoms with Crippen LogP contribution >= 0.6 is 0 Å². The van der Waals surface area contributed by atoms with Crippen LogP contribution in [0.5, 0.6) is 5.75 Å². The van der Waals surface area contributed by atoms with Crippen LogP contribution < -0.4 is 5.43 Å². The Morgan fingerprint density at radius 1 is 1.30 bits per heavy atom. The molecule has 1 heterocycles. The molecule has 1 aromatic carbocycles. The minimum atomic E-state index is -4.55. The number of nitrogens with zero attached hydrogens (tertiary/aromatic N) is 3. The van der Waals surface area contributed by atoms with Crippen LogP contribution in [-0.4, -0.2) is 34.2 Å². The molecule has 0 saturated carbocycles. The summed E-state index contributed by atoms with van der Waals surface area (Å²) in [6.07, 6.45) is 2.27. The monoisotopic (exact) mass is 338 g/mol. The lowest BCUT2D eigenvalue weighted by molar-refractivity contribution is -0.385. The summed E-state index contributed by atoms with van der Waals surface area (Å²) < 4.78 is 31.1. The number of hydrogen-bond acceptors (Lipinski definition) is 8. The van der Waals surface area contributed by atoms with Crippen molar-refractivity contribution in [3.8, 4) is 5.75 Å². The number of phenols is 1. The third-order valence-corrected chi connectivity index (χ3v) is 3.50. The second kappa shape index (κ2) is 6.37. The van der Waals surface area contributed by atoms with E-state index in [1.807, 2.05) is 0 Å². The van der Waals surface area contributed by atoms with Crippen LogP contribution in [0, 0.1) is 10.1 Å². The van der Waals surface area contributed by atoms with E-state index in [4.69, 9.17) is 4.55 Å². The summed E-state index contributed by atoms with van der Waals surface area (Å²) in [7, 11) is -4.55. The zero-order valence-electron chi connectivity index (χ0n) is 11.3. The summed E-state index contributed by atoms with van der Waals surface area (Å²) in [6, 6.07) is 6.07. The van der Waals surface area contributed by atoms with E-state index in [9.17, 15) is 23.6 Å². The van der Waals surface area contributed by atoms with Crippen molar-refractivity contribution in [1.82, 2.24) is 4.98 Å². The highest BCUT2D eigenvalue weighted by Crippen LogP contribution is 2.22. The topological polar surface area (TPSA) is 155 Å². The maximum absolute atomic E-state index is 11.1. The van der Waals surface area contributed by atoms with Crippen LogP contribution in [0.1, 0.15) is 5.56 Å². The first-order valence-electron chi connectivity index (χ1n) is 5.97. The van der Waals surface area contributed by atoms with Crippen molar-refractivity contribution in [1.29, 1.82) is 0 Å². The van der Waals surface area contributed by atoms with Crippen molar-refractivity contribution < 1.29 is 23.0 Å². The highest BCUT2D eigenvalue weighted by molar-refractivity contribution is 7.86. The van der Waals surface area contributed by atoms with E-state index in [0.29, 0.717) is 0 Å². The normalized spacial score (nSPS) is 11.5. The van der Waals surface area contributed by atoms with Crippen LogP contribution in [0.25, 0.3) is 0 Å². The number of nitro groups is 1. The third kappa shape index (κ3) is 4.21. The van der Waals surface area contributed by atoms with Crippen LogP contribution in [0.15, 0.2) is 46.5 Å². The average Bonchev–Trinajstić information content (AvgIpc) is 2.48. The van der Waals surface area contributed by atoms with Gasteiger partial charge < -0.3 is 5.11 Å². The van der Waals surface area contributed by atoms with Gasteiger partial charge in [0.25, 0.3) is 15.8 Å². The van der Waals surface area contributed by atoms with Crippen molar-refractivity contribution in [3.63, 3.8) is 0 Å². The van der Waals surface area contributed by atoms with E-state index in [-0.39, 0.29) is 17.1 Å². The molecular weight excluding hydrogens is 328 g/mol. The molecule has 10 nitrogen and oxygen atoms in total. The molecule has 0 bridgehead atoms. The van der Waals surface area contributed by atoms with Gasteiger partial charge >= 0.3 is 0 Å². The third-order valence-electron chi connectivity index (χ3n) is 2.61. The number of nitrogens with one attached hydrogen (secondary N) is 1. The van der Waals surface area contributed by atoms with Gasteiger partial charge in [-0.3, -0.25) is 20.1 Å². The van der Waals surface area contributed by atoms with E-state index >= 15 is 0 Å². The molecule has 11 heteroatoms. The highest BCUT2D eigenvalue weighted by atomic mass is 32.2. The number of aromatic nitrogens is 1. The van der Waals surface area contributed by atoms with Crippen LogP contribution in [0.2, 0.25) is 0 Å². The number of benzene rings is 1. The van der Waals surface area contributed by atoms with E-state index < -0.39 is 25.7 Å². The maximum atomic E-state index is 11.1. The molecule has 0 radical (unpaired) electrons. The smallest absolute Gasteiger partial charge is 0.298 e. The Kier molecular flexibility index (Phi) is 4.52. The predicted molar refractivity (Wildman–Crippen MR) is 80.0 cm³/mol. The van der Waals surface area contributed by atoms with Gasteiger partial charge in [0.2, 0.25) is 0 Å². The molecule has 1 aromatic heterocycles. The highest BCUT2D eigenvalue weighted by Gasteiger charge is 2.15. The van der Waals surface area contributed by atoms with E-state index in [0.717, 1.165) is 18.3 Å². The number of rotatable bonds is 5. The largest absolute Gasteiger partial charge is 0.506 e. The van der Waals surface area contributed by atoms with Gasteiger partial charge in [-0.15, -0.1) is 0 Å². The van der Waals surface area contributed by atoms with E-state index in [1.165, 1.54) is 24.4 Å². The SMILES string of the molecule is O=[N+]([O-])c1ccc(N/N=C/c2ccc(O)c(S(=O)(=O)O)c2)nc1. The number of aromatic hydroxyl groups is 1. The van der Waals surface area contributed by atoms with E-state index in [2.05, 4.69) is 15.5 Å². The summed E-state index contributed by atoms with van der Waals surface area (Å²) in [4.78, 5) is 13.0. The molecule has 0 aliphatic rings. The summed E-state index contributed by atoms with van der Waals surface area (Å²) in [5.74, 6) is -0.352. The zero-order chi connectivity index (χ0) is 17.0. The molecule has 0 amide bonds. The first-order valence-corrected chi connectivity index (χ1v) is 7.41. The second-order valence-electron chi connectivity index (χ2n) is 4.23. The first-order chi connectivity index (χ1) is 10.8. The van der Waals surface area contributed by atoms with Crippen molar-refractivity contribution in [2.75, 3.05) is 5.43 Å². The molecular formula is C12H10N4O6S. The molecule has 0 spiro atoms. The van der Waals surface area contributed by atoms with Crippen molar-refractivity contribution in [2.45, 2.75) is 4.90 Å². The Morgan fingerprint density at radius 2 is 2.04 bits per heavy atom. The van der Waals surface area contributed by atoms with Gasteiger partial charge in [0.1, 0.15) is 22.7 Å². The number of pyridine rings is 1.